The van der Waals surface area contributed by atoms with E-state index in [-0.39, 0.29) is 18.9 Å². The van der Waals surface area contributed by atoms with E-state index in [1.807, 2.05) is 53.8 Å². The third-order valence-electron chi connectivity index (χ3n) is 5.97. The molecule has 3 rings (SSSR count). The summed E-state index contributed by atoms with van der Waals surface area (Å²) >= 11 is 0. The van der Waals surface area contributed by atoms with E-state index in [1.54, 1.807) is 6.92 Å². The maximum atomic E-state index is 13.1. The average Bonchev–Trinajstić information content (AvgIpc) is 3.13. The zero-order valence-electron chi connectivity index (χ0n) is 19.1. The second kappa shape index (κ2) is 11.2. The van der Waals surface area contributed by atoms with Gasteiger partial charge in [0.1, 0.15) is 12.6 Å². The molecule has 2 aromatic carbocycles. The van der Waals surface area contributed by atoms with E-state index in [2.05, 4.69) is 5.32 Å². The molecule has 0 radical (unpaired) electrons. The SMILES string of the molecule is CC[C@H](CC(=O)N[C@@H](CCC(=O)O)C(F)(F)F)NC(=O)OCC1c2ccccc2-c2ccccc21. The molecule has 0 saturated heterocycles. The highest BCUT2D eigenvalue weighted by Gasteiger charge is 2.40. The molecule has 35 heavy (non-hydrogen) atoms. The molecule has 3 N–H and O–H groups in total. The fourth-order valence-corrected chi connectivity index (χ4v) is 4.17. The van der Waals surface area contributed by atoms with E-state index in [9.17, 15) is 27.6 Å². The van der Waals surface area contributed by atoms with E-state index in [1.165, 1.54) is 0 Å². The predicted octanol–water partition coefficient (Wildman–Crippen LogP) is 4.61. The summed E-state index contributed by atoms with van der Waals surface area (Å²) in [6.45, 7) is 1.74. The van der Waals surface area contributed by atoms with Gasteiger partial charge >= 0.3 is 18.2 Å². The van der Waals surface area contributed by atoms with Crippen LogP contribution in [0, 0.1) is 0 Å². The van der Waals surface area contributed by atoms with Crippen molar-refractivity contribution in [2.75, 3.05) is 6.61 Å². The van der Waals surface area contributed by atoms with Crippen LogP contribution in [0.3, 0.4) is 0 Å². The number of nitrogens with one attached hydrogen (secondary N) is 2. The number of ether oxygens (including phenoxy) is 1. The van der Waals surface area contributed by atoms with Crippen molar-refractivity contribution in [3.63, 3.8) is 0 Å². The molecule has 2 aromatic rings. The number of benzene rings is 2. The Kier molecular flexibility index (Phi) is 8.37. The molecule has 2 atom stereocenters. The fraction of sp³-hybridized carbons (Fsp3) is 0.400. The first-order chi connectivity index (χ1) is 16.6. The molecule has 10 heteroatoms. The summed E-state index contributed by atoms with van der Waals surface area (Å²) in [4.78, 5) is 35.2. The van der Waals surface area contributed by atoms with Crippen LogP contribution in [0.1, 0.15) is 49.7 Å². The first-order valence-electron chi connectivity index (χ1n) is 11.3. The molecule has 2 amide bonds. The van der Waals surface area contributed by atoms with Gasteiger partial charge in [0.2, 0.25) is 5.91 Å². The lowest BCUT2D eigenvalue weighted by molar-refractivity contribution is -0.164. The Morgan fingerprint density at radius 1 is 1.00 bits per heavy atom. The zero-order valence-corrected chi connectivity index (χ0v) is 19.1. The number of halogens is 3. The average molecular weight is 492 g/mol. The van der Waals surface area contributed by atoms with Gasteiger partial charge in [-0.25, -0.2) is 4.79 Å². The molecule has 0 aromatic heterocycles. The molecule has 0 fully saturated rings. The summed E-state index contributed by atoms with van der Waals surface area (Å²) in [6.07, 6.45) is -7.19. The van der Waals surface area contributed by atoms with Crippen molar-refractivity contribution in [1.82, 2.24) is 10.6 Å². The molecule has 0 aliphatic heterocycles. The van der Waals surface area contributed by atoms with E-state index in [4.69, 9.17) is 9.84 Å². The number of carboxylic acids is 1. The molecule has 1 aliphatic rings. The van der Waals surface area contributed by atoms with Crippen LogP contribution in [0.2, 0.25) is 0 Å². The van der Waals surface area contributed by atoms with E-state index in [0.29, 0.717) is 0 Å². The van der Waals surface area contributed by atoms with Crippen LogP contribution in [0.25, 0.3) is 11.1 Å². The fourth-order valence-electron chi connectivity index (χ4n) is 4.17. The second-order valence-corrected chi connectivity index (χ2v) is 8.37. The van der Waals surface area contributed by atoms with Gasteiger partial charge in [0.05, 0.1) is 0 Å². The van der Waals surface area contributed by atoms with Gasteiger partial charge in [-0.3, -0.25) is 9.59 Å². The number of carboxylic acid groups (broad SMARTS) is 1. The number of fused-ring (bicyclic) bond motifs is 3. The second-order valence-electron chi connectivity index (χ2n) is 8.37. The molecule has 0 heterocycles. The van der Waals surface area contributed by atoms with Crippen molar-refractivity contribution in [2.45, 2.75) is 56.8 Å². The van der Waals surface area contributed by atoms with Crippen LogP contribution in [-0.2, 0) is 14.3 Å². The number of hydrogen-bond donors (Lipinski definition) is 3. The number of rotatable bonds is 10. The number of carbonyl (C=O) groups is 3. The van der Waals surface area contributed by atoms with Gasteiger partial charge < -0.3 is 20.5 Å². The minimum Gasteiger partial charge on any atom is -0.481 e. The number of carbonyl (C=O) groups excluding carboxylic acids is 2. The number of hydrogen-bond acceptors (Lipinski definition) is 4. The number of alkyl carbamates (subject to hydrolysis) is 1. The quantitative estimate of drug-likeness (QED) is 0.450. The summed E-state index contributed by atoms with van der Waals surface area (Å²) < 4.78 is 44.8. The molecule has 0 bridgehead atoms. The summed E-state index contributed by atoms with van der Waals surface area (Å²) in [5.74, 6) is -2.49. The molecule has 0 spiro atoms. The minimum absolute atomic E-state index is 0.0633. The monoisotopic (exact) mass is 492 g/mol. The van der Waals surface area contributed by atoms with Crippen LogP contribution >= 0.6 is 0 Å². The largest absolute Gasteiger partial charge is 0.481 e. The van der Waals surface area contributed by atoms with Crippen molar-refractivity contribution >= 4 is 18.0 Å². The van der Waals surface area contributed by atoms with Gasteiger partial charge in [-0.1, -0.05) is 55.5 Å². The van der Waals surface area contributed by atoms with Crippen LogP contribution < -0.4 is 10.6 Å². The molecule has 0 saturated carbocycles. The number of alkyl halides is 3. The summed E-state index contributed by atoms with van der Waals surface area (Å²) in [5.41, 5.74) is 4.21. The van der Waals surface area contributed by atoms with Crippen molar-refractivity contribution in [3.05, 3.63) is 59.7 Å². The first-order valence-corrected chi connectivity index (χ1v) is 11.3. The normalized spacial score (nSPS) is 14.4. The highest BCUT2D eigenvalue weighted by Crippen LogP contribution is 2.44. The Labute approximate surface area is 200 Å². The Balaban J connectivity index is 1.55. The minimum atomic E-state index is -4.78. The first kappa shape index (κ1) is 26.1. The third-order valence-corrected chi connectivity index (χ3v) is 5.97. The van der Waals surface area contributed by atoms with Gasteiger partial charge in [-0.15, -0.1) is 0 Å². The van der Waals surface area contributed by atoms with Crippen molar-refractivity contribution in [2.24, 2.45) is 0 Å². The molecule has 1 aliphatic carbocycles. The highest BCUT2D eigenvalue weighted by molar-refractivity contribution is 5.80. The standard InChI is InChI=1S/C25H27F3N2O5/c1-2-15(13-22(31)30-21(25(26,27)28)11-12-23(32)33)29-24(34)35-14-20-18-9-5-3-7-16(18)17-8-4-6-10-19(17)20/h3-10,15,20-21H,2,11-14H2,1H3,(H,29,34)(H,30,31)(H,32,33)/t15-,21+/m1/s1. The van der Waals surface area contributed by atoms with Crippen LogP contribution in [0.5, 0.6) is 0 Å². The van der Waals surface area contributed by atoms with Crippen molar-refractivity contribution < 1.29 is 37.4 Å². The maximum absolute atomic E-state index is 13.1. The van der Waals surface area contributed by atoms with Gasteiger partial charge in [0.25, 0.3) is 0 Å². The molecular weight excluding hydrogens is 465 g/mol. The maximum Gasteiger partial charge on any atom is 0.408 e. The molecular formula is C25H27F3N2O5. The summed E-state index contributed by atoms with van der Waals surface area (Å²) in [5, 5.41) is 13.0. The summed E-state index contributed by atoms with van der Waals surface area (Å²) in [6, 6.07) is 12.6. The molecule has 7 nitrogen and oxygen atoms in total. The van der Waals surface area contributed by atoms with Crippen molar-refractivity contribution in [1.29, 1.82) is 0 Å². The van der Waals surface area contributed by atoms with E-state index >= 15 is 0 Å². The highest BCUT2D eigenvalue weighted by atomic mass is 19.4. The summed E-state index contributed by atoms with van der Waals surface area (Å²) in [7, 11) is 0. The Bertz CT molecular complexity index is 1030. The lowest BCUT2D eigenvalue weighted by Crippen LogP contribution is -2.48. The smallest absolute Gasteiger partial charge is 0.408 e. The topological polar surface area (TPSA) is 105 Å². The van der Waals surface area contributed by atoms with Crippen LogP contribution in [0.4, 0.5) is 18.0 Å². The van der Waals surface area contributed by atoms with Crippen LogP contribution in [0.15, 0.2) is 48.5 Å². The number of aliphatic carboxylic acids is 1. The Hall–Kier alpha value is -3.56. The van der Waals surface area contributed by atoms with Crippen molar-refractivity contribution in [3.8, 4) is 11.1 Å². The molecule has 188 valence electrons. The lowest BCUT2D eigenvalue weighted by Gasteiger charge is -2.23. The zero-order chi connectivity index (χ0) is 25.6. The van der Waals surface area contributed by atoms with Gasteiger partial charge in [0.15, 0.2) is 0 Å². The molecule has 0 unspecified atom stereocenters. The Morgan fingerprint density at radius 2 is 1.57 bits per heavy atom. The van der Waals surface area contributed by atoms with Gasteiger partial charge in [-0.2, -0.15) is 13.2 Å². The van der Waals surface area contributed by atoms with Gasteiger partial charge in [-0.05, 0) is 35.1 Å². The predicted molar refractivity (Wildman–Crippen MR) is 122 cm³/mol. The van der Waals surface area contributed by atoms with Gasteiger partial charge in [0, 0.05) is 24.8 Å². The van der Waals surface area contributed by atoms with E-state index in [0.717, 1.165) is 22.3 Å². The lowest BCUT2D eigenvalue weighted by atomic mass is 9.98. The Morgan fingerprint density at radius 3 is 2.09 bits per heavy atom. The number of amides is 2. The van der Waals surface area contributed by atoms with Crippen LogP contribution in [-0.4, -0.2) is 47.9 Å². The van der Waals surface area contributed by atoms with E-state index < -0.39 is 55.5 Å². The third kappa shape index (κ3) is 6.74.